The minimum atomic E-state index is 0.149. The van der Waals surface area contributed by atoms with Crippen molar-refractivity contribution in [1.29, 1.82) is 0 Å². The third-order valence-corrected chi connectivity index (χ3v) is 6.55. The van der Waals surface area contributed by atoms with Crippen LogP contribution < -0.4 is 5.32 Å². The summed E-state index contributed by atoms with van der Waals surface area (Å²) in [4.78, 5) is 17.6. The summed E-state index contributed by atoms with van der Waals surface area (Å²) in [6.45, 7) is 7.11. The number of hydrogen-bond donors (Lipinski definition) is 1. The van der Waals surface area contributed by atoms with E-state index in [9.17, 15) is 4.79 Å². The first-order valence-electron chi connectivity index (χ1n) is 11.6. The molecule has 0 bridgehead atoms. The van der Waals surface area contributed by atoms with Gasteiger partial charge in [-0.05, 0) is 68.6 Å². The Labute approximate surface area is 181 Å². The van der Waals surface area contributed by atoms with Crippen LogP contribution in [0.5, 0.6) is 0 Å². The number of amides is 1. The Kier molecular flexibility index (Phi) is 7.54. The molecular weight excluding hydrogens is 370 g/mol. The van der Waals surface area contributed by atoms with Crippen molar-refractivity contribution in [1.82, 2.24) is 15.1 Å². The molecule has 2 aromatic carbocycles. The van der Waals surface area contributed by atoms with Gasteiger partial charge in [0.25, 0.3) is 0 Å². The lowest BCUT2D eigenvalue weighted by Crippen LogP contribution is -2.40. The van der Waals surface area contributed by atoms with Crippen LogP contribution >= 0.6 is 0 Å². The third kappa shape index (κ3) is 6.16. The number of nitrogens with one attached hydrogen (secondary N) is 1. The summed E-state index contributed by atoms with van der Waals surface area (Å²) in [5, 5.41) is 3.17. The lowest BCUT2D eigenvalue weighted by atomic mass is 9.95. The van der Waals surface area contributed by atoms with Crippen molar-refractivity contribution in [2.45, 2.75) is 51.7 Å². The van der Waals surface area contributed by atoms with Crippen molar-refractivity contribution in [3.8, 4) is 0 Å². The van der Waals surface area contributed by atoms with Crippen LogP contribution in [0.25, 0.3) is 0 Å². The third-order valence-electron chi connectivity index (χ3n) is 6.55. The average molecular weight is 406 g/mol. The van der Waals surface area contributed by atoms with Gasteiger partial charge in [-0.25, -0.2) is 0 Å². The van der Waals surface area contributed by atoms with E-state index in [-0.39, 0.29) is 11.8 Å². The van der Waals surface area contributed by atoms with Gasteiger partial charge in [0.05, 0.1) is 0 Å². The zero-order valence-electron chi connectivity index (χ0n) is 18.1. The molecule has 4 nitrogen and oxygen atoms in total. The number of likely N-dealkylation sites (tertiary alicyclic amines) is 2. The maximum absolute atomic E-state index is 12.6. The molecule has 0 saturated carbocycles. The van der Waals surface area contributed by atoms with E-state index < -0.39 is 0 Å². The Morgan fingerprint density at radius 2 is 1.30 bits per heavy atom. The van der Waals surface area contributed by atoms with Crippen molar-refractivity contribution in [3.05, 3.63) is 71.3 Å². The first-order chi connectivity index (χ1) is 14.8. The molecule has 0 aliphatic carbocycles. The molecule has 0 unspecified atom stereocenters. The summed E-state index contributed by atoms with van der Waals surface area (Å²) >= 11 is 0. The predicted octanol–water partition coefficient (Wildman–Crippen LogP) is 4.20. The fourth-order valence-corrected chi connectivity index (χ4v) is 4.67. The number of rotatable bonds is 7. The zero-order valence-corrected chi connectivity index (χ0v) is 18.1. The second-order valence-electron chi connectivity index (χ2n) is 8.91. The van der Waals surface area contributed by atoms with Crippen LogP contribution in [-0.2, 0) is 24.4 Å². The van der Waals surface area contributed by atoms with E-state index in [2.05, 4.69) is 69.7 Å². The molecule has 2 aliphatic rings. The number of carbonyl (C=O) groups is 1. The van der Waals surface area contributed by atoms with Gasteiger partial charge in [0.15, 0.2) is 0 Å². The highest BCUT2D eigenvalue weighted by Gasteiger charge is 2.24. The number of carbonyl (C=O) groups excluding carboxylic acids is 1. The molecule has 1 N–H and O–H groups in total. The summed E-state index contributed by atoms with van der Waals surface area (Å²) in [6, 6.07) is 19.4. The lowest BCUT2D eigenvalue weighted by Gasteiger charge is -2.31. The van der Waals surface area contributed by atoms with Gasteiger partial charge in [-0.15, -0.1) is 0 Å². The summed E-state index contributed by atoms with van der Waals surface area (Å²) in [5.74, 6) is 0.363. The topological polar surface area (TPSA) is 35.6 Å². The molecular formula is C26H35N3O. The van der Waals surface area contributed by atoms with E-state index in [1.54, 1.807) is 0 Å². The molecule has 1 amide bonds. The standard InChI is InChI=1S/C26H35N3O/c30-26(25-13-17-29(18-14-25)20-23-7-3-1-4-8-23)27-19-22-9-11-24(12-10-22)21-28-15-5-2-6-16-28/h1,3-4,7-12,25H,2,5-6,13-21H2,(H,27,30). The molecule has 4 heteroatoms. The van der Waals surface area contributed by atoms with E-state index in [0.717, 1.165) is 39.0 Å². The number of piperidine rings is 2. The first kappa shape index (κ1) is 21.1. The highest BCUT2D eigenvalue weighted by molar-refractivity contribution is 5.78. The van der Waals surface area contributed by atoms with Crippen molar-refractivity contribution in [2.24, 2.45) is 5.92 Å². The van der Waals surface area contributed by atoms with Gasteiger partial charge < -0.3 is 5.32 Å². The summed E-state index contributed by atoms with van der Waals surface area (Å²) in [5.41, 5.74) is 3.91. The summed E-state index contributed by atoms with van der Waals surface area (Å²) in [6.07, 6.45) is 5.94. The highest BCUT2D eigenvalue weighted by Crippen LogP contribution is 2.19. The molecule has 2 saturated heterocycles. The van der Waals surface area contributed by atoms with Gasteiger partial charge in [-0.1, -0.05) is 61.0 Å². The Morgan fingerprint density at radius 1 is 0.733 bits per heavy atom. The van der Waals surface area contributed by atoms with Crippen LogP contribution in [0.3, 0.4) is 0 Å². The number of hydrogen-bond acceptors (Lipinski definition) is 3. The van der Waals surface area contributed by atoms with E-state index >= 15 is 0 Å². The molecule has 0 radical (unpaired) electrons. The van der Waals surface area contributed by atoms with E-state index in [1.807, 2.05) is 0 Å². The van der Waals surface area contributed by atoms with E-state index in [4.69, 9.17) is 0 Å². The van der Waals surface area contributed by atoms with Gasteiger partial charge >= 0.3 is 0 Å². The Morgan fingerprint density at radius 3 is 1.97 bits per heavy atom. The minimum absolute atomic E-state index is 0.149. The zero-order chi connectivity index (χ0) is 20.6. The van der Waals surface area contributed by atoms with Gasteiger partial charge in [-0.2, -0.15) is 0 Å². The molecule has 2 aliphatic heterocycles. The monoisotopic (exact) mass is 405 g/mol. The smallest absolute Gasteiger partial charge is 0.223 e. The molecule has 2 heterocycles. The Bertz CT molecular complexity index is 776. The average Bonchev–Trinajstić information content (AvgIpc) is 2.80. The molecule has 2 aromatic rings. The molecule has 2 fully saturated rings. The normalized spacial score (nSPS) is 18.9. The molecule has 0 aromatic heterocycles. The Balaban J connectivity index is 1.17. The van der Waals surface area contributed by atoms with Crippen LogP contribution in [0.2, 0.25) is 0 Å². The maximum atomic E-state index is 12.6. The number of nitrogens with zero attached hydrogens (tertiary/aromatic N) is 2. The van der Waals surface area contributed by atoms with Crippen LogP contribution in [0.15, 0.2) is 54.6 Å². The van der Waals surface area contributed by atoms with Gasteiger partial charge in [0, 0.05) is 25.6 Å². The van der Waals surface area contributed by atoms with Crippen molar-refractivity contribution in [3.63, 3.8) is 0 Å². The lowest BCUT2D eigenvalue weighted by molar-refractivity contribution is -0.126. The van der Waals surface area contributed by atoms with Gasteiger partial charge in [0.1, 0.15) is 0 Å². The highest BCUT2D eigenvalue weighted by atomic mass is 16.1. The van der Waals surface area contributed by atoms with Crippen LogP contribution in [0, 0.1) is 5.92 Å². The maximum Gasteiger partial charge on any atom is 0.223 e. The molecule has 4 rings (SSSR count). The first-order valence-corrected chi connectivity index (χ1v) is 11.6. The largest absolute Gasteiger partial charge is 0.352 e. The Hall–Kier alpha value is -2.17. The minimum Gasteiger partial charge on any atom is -0.352 e. The van der Waals surface area contributed by atoms with Crippen LogP contribution in [0.1, 0.15) is 48.8 Å². The fraction of sp³-hybridized carbons (Fsp3) is 0.500. The fourth-order valence-electron chi connectivity index (χ4n) is 4.67. The quantitative estimate of drug-likeness (QED) is 0.750. The molecule has 0 spiro atoms. The predicted molar refractivity (Wildman–Crippen MR) is 122 cm³/mol. The molecule has 0 atom stereocenters. The SMILES string of the molecule is O=C(NCc1ccc(CN2CCCCC2)cc1)C1CCN(Cc2ccccc2)CC1. The van der Waals surface area contributed by atoms with Crippen molar-refractivity contribution >= 4 is 5.91 Å². The molecule has 30 heavy (non-hydrogen) atoms. The van der Waals surface area contributed by atoms with Gasteiger partial charge in [-0.3, -0.25) is 14.6 Å². The van der Waals surface area contributed by atoms with Crippen LogP contribution in [-0.4, -0.2) is 41.9 Å². The second-order valence-corrected chi connectivity index (χ2v) is 8.91. The van der Waals surface area contributed by atoms with E-state index in [1.165, 1.54) is 49.0 Å². The van der Waals surface area contributed by atoms with Crippen molar-refractivity contribution in [2.75, 3.05) is 26.2 Å². The molecule has 160 valence electrons. The van der Waals surface area contributed by atoms with E-state index in [0.29, 0.717) is 6.54 Å². The summed E-state index contributed by atoms with van der Waals surface area (Å²) < 4.78 is 0. The number of benzene rings is 2. The van der Waals surface area contributed by atoms with Gasteiger partial charge in [0.2, 0.25) is 5.91 Å². The van der Waals surface area contributed by atoms with Crippen LogP contribution in [0.4, 0.5) is 0 Å². The second kappa shape index (κ2) is 10.7. The van der Waals surface area contributed by atoms with Crippen molar-refractivity contribution < 1.29 is 4.79 Å². The summed E-state index contributed by atoms with van der Waals surface area (Å²) in [7, 11) is 0.